The molecule has 0 radical (unpaired) electrons. The molecule has 68 heavy (non-hydrogen) atoms. The van der Waals surface area contributed by atoms with Gasteiger partial charge in [-0.2, -0.15) is 0 Å². The van der Waals surface area contributed by atoms with Crippen LogP contribution in [-0.2, 0) is 28.6 Å². The average molecular weight is 937 g/mol. The Bertz CT molecular complexity index is 1540. The van der Waals surface area contributed by atoms with Gasteiger partial charge in [0.1, 0.15) is 13.2 Å². The number of carbonyl (C=O) groups is 3. The molecule has 6 nitrogen and oxygen atoms in total. The lowest BCUT2D eigenvalue weighted by atomic mass is 10.1. The summed E-state index contributed by atoms with van der Waals surface area (Å²) in [4.78, 5) is 38.0. The van der Waals surface area contributed by atoms with Crippen molar-refractivity contribution in [1.82, 2.24) is 0 Å². The van der Waals surface area contributed by atoms with Crippen LogP contribution in [0.1, 0.15) is 207 Å². The van der Waals surface area contributed by atoms with Gasteiger partial charge in [-0.3, -0.25) is 14.4 Å². The number of esters is 3. The fourth-order valence-corrected chi connectivity index (χ4v) is 6.64. The minimum Gasteiger partial charge on any atom is -0.462 e. The van der Waals surface area contributed by atoms with Gasteiger partial charge in [-0.05, 0) is 116 Å². The van der Waals surface area contributed by atoms with E-state index in [0.29, 0.717) is 12.8 Å². The van der Waals surface area contributed by atoms with Crippen LogP contribution in [0.3, 0.4) is 0 Å². The Morgan fingerprint density at radius 3 is 1.07 bits per heavy atom. The van der Waals surface area contributed by atoms with Crippen LogP contribution in [0.15, 0.2) is 146 Å². The predicted molar refractivity (Wildman–Crippen MR) is 292 cm³/mol. The third-order valence-corrected chi connectivity index (χ3v) is 10.6. The molecular formula is C62H96O6. The van der Waals surface area contributed by atoms with Gasteiger partial charge < -0.3 is 14.2 Å². The van der Waals surface area contributed by atoms with Crippen LogP contribution in [-0.4, -0.2) is 37.2 Å². The summed E-state index contributed by atoms with van der Waals surface area (Å²) in [5.41, 5.74) is 0. The summed E-state index contributed by atoms with van der Waals surface area (Å²) in [7, 11) is 0. The molecule has 0 N–H and O–H groups in total. The molecule has 0 spiro atoms. The summed E-state index contributed by atoms with van der Waals surface area (Å²) in [5.74, 6) is -1.15. The van der Waals surface area contributed by atoms with Crippen molar-refractivity contribution >= 4 is 17.9 Å². The average Bonchev–Trinajstić information content (AvgIpc) is 3.34. The molecule has 1 atom stereocenters. The van der Waals surface area contributed by atoms with Crippen molar-refractivity contribution in [2.75, 3.05) is 13.2 Å². The highest BCUT2D eigenvalue weighted by Gasteiger charge is 2.19. The molecular weight excluding hydrogens is 841 g/mol. The van der Waals surface area contributed by atoms with Crippen LogP contribution in [0.4, 0.5) is 0 Å². The lowest BCUT2D eigenvalue weighted by molar-refractivity contribution is -0.166. The van der Waals surface area contributed by atoms with Crippen molar-refractivity contribution in [2.24, 2.45) is 0 Å². The van der Waals surface area contributed by atoms with Crippen LogP contribution in [0, 0.1) is 0 Å². The fraction of sp³-hybridized carbons (Fsp3) is 0.565. The Hall–Kier alpha value is -4.71. The van der Waals surface area contributed by atoms with Crippen molar-refractivity contribution in [3.05, 3.63) is 146 Å². The van der Waals surface area contributed by atoms with E-state index in [0.717, 1.165) is 103 Å². The van der Waals surface area contributed by atoms with Gasteiger partial charge in [0.25, 0.3) is 0 Å². The van der Waals surface area contributed by atoms with Gasteiger partial charge in [0, 0.05) is 12.8 Å². The van der Waals surface area contributed by atoms with Crippen LogP contribution >= 0.6 is 0 Å². The predicted octanol–water partition coefficient (Wildman–Crippen LogP) is 18.0. The van der Waals surface area contributed by atoms with E-state index in [1.165, 1.54) is 57.8 Å². The lowest BCUT2D eigenvalue weighted by Crippen LogP contribution is -2.30. The molecule has 0 saturated carbocycles. The highest BCUT2D eigenvalue weighted by atomic mass is 16.6. The van der Waals surface area contributed by atoms with Crippen LogP contribution in [0.2, 0.25) is 0 Å². The monoisotopic (exact) mass is 937 g/mol. The van der Waals surface area contributed by atoms with E-state index in [4.69, 9.17) is 14.2 Å². The molecule has 1 unspecified atom stereocenters. The number of hydrogen-bond donors (Lipinski definition) is 0. The molecule has 0 saturated heterocycles. The Morgan fingerprint density at radius 2 is 0.647 bits per heavy atom. The van der Waals surface area contributed by atoms with Gasteiger partial charge in [-0.15, -0.1) is 0 Å². The molecule has 0 aromatic rings. The van der Waals surface area contributed by atoms with Gasteiger partial charge in [-0.25, -0.2) is 0 Å². The maximum absolute atomic E-state index is 12.8. The molecule has 0 aliphatic carbocycles. The number of allylic oxidation sites excluding steroid dienone is 23. The molecule has 0 bridgehead atoms. The molecule has 0 heterocycles. The maximum Gasteiger partial charge on any atom is 0.309 e. The van der Waals surface area contributed by atoms with E-state index in [1.54, 1.807) is 6.08 Å². The Labute approximate surface area is 417 Å². The van der Waals surface area contributed by atoms with Gasteiger partial charge in [0.2, 0.25) is 0 Å². The molecule has 0 rings (SSSR count). The van der Waals surface area contributed by atoms with Gasteiger partial charge >= 0.3 is 17.9 Å². The number of unbranched alkanes of at least 4 members (excludes halogenated alkanes) is 12. The van der Waals surface area contributed by atoms with Crippen molar-refractivity contribution in [3.8, 4) is 0 Å². The van der Waals surface area contributed by atoms with E-state index >= 15 is 0 Å². The maximum atomic E-state index is 12.8. The topological polar surface area (TPSA) is 78.9 Å². The highest BCUT2D eigenvalue weighted by Crippen LogP contribution is 2.12. The van der Waals surface area contributed by atoms with Crippen LogP contribution in [0.5, 0.6) is 0 Å². The smallest absolute Gasteiger partial charge is 0.309 e. The molecule has 0 amide bonds. The summed E-state index contributed by atoms with van der Waals surface area (Å²) in [6.07, 6.45) is 78.6. The first-order chi connectivity index (χ1) is 33.5. The minimum absolute atomic E-state index is 0.107. The Morgan fingerprint density at radius 1 is 0.324 bits per heavy atom. The number of rotatable bonds is 46. The first-order valence-corrected chi connectivity index (χ1v) is 26.8. The third kappa shape index (κ3) is 52.3. The zero-order chi connectivity index (χ0) is 49.3. The summed E-state index contributed by atoms with van der Waals surface area (Å²) in [6, 6.07) is 0. The third-order valence-electron chi connectivity index (χ3n) is 10.6. The largest absolute Gasteiger partial charge is 0.462 e. The van der Waals surface area contributed by atoms with Crippen molar-refractivity contribution < 1.29 is 28.6 Å². The zero-order valence-electron chi connectivity index (χ0n) is 43.3. The first-order valence-electron chi connectivity index (χ1n) is 26.8. The molecule has 0 fully saturated rings. The van der Waals surface area contributed by atoms with Crippen LogP contribution in [0.25, 0.3) is 0 Å². The van der Waals surface area contributed by atoms with Crippen molar-refractivity contribution in [1.29, 1.82) is 0 Å². The molecule has 6 heteroatoms. The number of hydrogen-bond acceptors (Lipinski definition) is 6. The second kappa shape index (κ2) is 54.9. The standard InChI is InChI=1S/C62H96O6/c1-4-7-10-13-16-19-22-25-28-30-32-34-37-40-43-46-49-52-55-61(64)67-58-59(57-66-60(63)54-51-48-45-42-39-36-33-27-24-21-18-15-12-9-6-3)68-62(65)56-53-50-47-44-41-38-35-31-29-26-23-20-17-14-11-8-5-2/h8-9,11-12,17-22,26-30,33,35,38-39,42,44,47-48,51,59H,4-7,10,13-16,23-25,31-32,34,36-37,40-41,43,45-46,49-50,52-58H2,1-3H3/b11-8-,12-9-,20-17-,21-18-,22-19-,29-26-,30-28-,33-27-,38-35-,42-39-,47-44-,51-48-. The minimum atomic E-state index is -0.857. The Kier molecular flexibility index (Phi) is 51.1. The van der Waals surface area contributed by atoms with Crippen LogP contribution < -0.4 is 0 Å². The van der Waals surface area contributed by atoms with Gasteiger partial charge in [0.05, 0.1) is 6.42 Å². The summed E-state index contributed by atoms with van der Waals surface area (Å²) >= 11 is 0. The van der Waals surface area contributed by atoms with Crippen molar-refractivity contribution in [3.63, 3.8) is 0 Å². The molecule has 0 aliphatic rings. The van der Waals surface area contributed by atoms with E-state index in [1.807, 2.05) is 6.08 Å². The molecule has 0 aliphatic heterocycles. The quantitative estimate of drug-likeness (QED) is 0.0262. The summed E-state index contributed by atoms with van der Waals surface area (Å²) in [5, 5.41) is 0. The van der Waals surface area contributed by atoms with E-state index in [2.05, 4.69) is 154 Å². The van der Waals surface area contributed by atoms with Crippen molar-refractivity contribution in [2.45, 2.75) is 213 Å². The molecule has 0 aromatic carbocycles. The van der Waals surface area contributed by atoms with Gasteiger partial charge in [0.15, 0.2) is 6.10 Å². The van der Waals surface area contributed by atoms with E-state index in [-0.39, 0.29) is 32.0 Å². The van der Waals surface area contributed by atoms with E-state index < -0.39 is 18.0 Å². The summed E-state index contributed by atoms with van der Waals surface area (Å²) < 4.78 is 16.7. The fourth-order valence-electron chi connectivity index (χ4n) is 6.64. The zero-order valence-corrected chi connectivity index (χ0v) is 43.3. The first kappa shape index (κ1) is 63.3. The highest BCUT2D eigenvalue weighted by molar-refractivity contribution is 5.72. The normalized spacial score (nSPS) is 13.3. The second-order valence-electron chi connectivity index (χ2n) is 17.0. The lowest BCUT2D eigenvalue weighted by Gasteiger charge is -2.18. The van der Waals surface area contributed by atoms with Gasteiger partial charge in [-0.1, -0.05) is 218 Å². The van der Waals surface area contributed by atoms with E-state index in [9.17, 15) is 14.4 Å². The SMILES string of the molecule is CC/C=C\C/C=C\C/C=C\C/C=C\C/C=C\CCCC(=O)OC(COC(=O)C/C=C\C/C=C\C/C=C\C/C=C\C/C=C\CC)COC(=O)CCCCCCCCC/C=C\C/C=C\CCCCCC. The summed E-state index contributed by atoms with van der Waals surface area (Å²) in [6.45, 7) is 6.23. The Balaban J connectivity index is 4.62. The molecule has 0 aromatic heterocycles. The number of ether oxygens (including phenoxy) is 3. The number of carbonyl (C=O) groups excluding carboxylic acids is 3. The second-order valence-corrected chi connectivity index (χ2v) is 17.0. The molecule has 380 valence electrons.